The number of halogens is 1. The van der Waals surface area contributed by atoms with Gasteiger partial charge in [0.2, 0.25) is 15.9 Å². The van der Waals surface area contributed by atoms with Crippen LogP contribution in [0.2, 0.25) is 0 Å². The maximum atomic E-state index is 12.8. The molecule has 6 nitrogen and oxygen atoms in total. The van der Waals surface area contributed by atoms with E-state index < -0.39 is 10.0 Å². The quantitative estimate of drug-likeness (QED) is 0.797. The highest BCUT2D eigenvalue weighted by atomic mass is 35.5. The minimum Gasteiger partial charge on any atom is -0.340 e. The van der Waals surface area contributed by atoms with Gasteiger partial charge in [-0.15, -0.1) is 12.4 Å². The van der Waals surface area contributed by atoms with E-state index in [1.165, 1.54) is 4.31 Å². The van der Waals surface area contributed by atoms with Gasteiger partial charge in [0.15, 0.2) is 0 Å². The van der Waals surface area contributed by atoms with Crippen LogP contribution in [-0.2, 0) is 21.2 Å². The average Bonchev–Trinajstić information content (AvgIpc) is 2.69. The number of piperidine rings is 1. The number of nitrogens with zero attached hydrogens (tertiary/aromatic N) is 2. The van der Waals surface area contributed by atoms with E-state index in [0.717, 1.165) is 44.3 Å². The molecule has 0 saturated carbocycles. The molecule has 0 aliphatic carbocycles. The predicted molar refractivity (Wildman–Crippen MR) is 109 cm³/mol. The van der Waals surface area contributed by atoms with Crippen LogP contribution in [0, 0.1) is 5.92 Å². The molecule has 1 amide bonds. The first-order chi connectivity index (χ1) is 12.5. The second kappa shape index (κ2) is 9.87. The second-order valence-corrected chi connectivity index (χ2v) is 9.10. The molecule has 3 rings (SSSR count). The summed E-state index contributed by atoms with van der Waals surface area (Å²) < 4.78 is 27.2. The number of nitrogens with one attached hydrogen (secondary N) is 1. The monoisotopic (exact) mass is 415 g/mol. The molecule has 1 unspecified atom stereocenters. The van der Waals surface area contributed by atoms with Gasteiger partial charge in [-0.05, 0) is 43.5 Å². The van der Waals surface area contributed by atoms with Crippen molar-refractivity contribution in [2.24, 2.45) is 5.92 Å². The molecule has 1 atom stereocenters. The molecule has 8 heteroatoms. The summed E-state index contributed by atoms with van der Waals surface area (Å²) in [5.74, 6) is 0.205. The molecule has 1 N–H and O–H groups in total. The van der Waals surface area contributed by atoms with Crippen LogP contribution in [-0.4, -0.2) is 62.8 Å². The number of hydrogen-bond donors (Lipinski definition) is 1. The lowest BCUT2D eigenvalue weighted by atomic mass is 9.98. The lowest BCUT2D eigenvalue weighted by Crippen LogP contribution is -2.53. The van der Waals surface area contributed by atoms with Crippen molar-refractivity contribution in [1.82, 2.24) is 14.5 Å². The molecular formula is C19H30ClN3O3S. The number of aryl methyl sites for hydroxylation is 1. The van der Waals surface area contributed by atoms with E-state index in [9.17, 15) is 13.2 Å². The number of benzene rings is 1. The van der Waals surface area contributed by atoms with Crippen molar-refractivity contribution in [1.29, 1.82) is 0 Å². The van der Waals surface area contributed by atoms with Gasteiger partial charge in [0.1, 0.15) is 0 Å². The van der Waals surface area contributed by atoms with Crippen LogP contribution in [0.15, 0.2) is 29.2 Å². The van der Waals surface area contributed by atoms with Crippen LogP contribution >= 0.6 is 12.4 Å². The first-order valence-electron chi connectivity index (χ1n) is 9.61. The van der Waals surface area contributed by atoms with E-state index >= 15 is 0 Å². The third kappa shape index (κ3) is 5.22. The molecule has 2 saturated heterocycles. The normalized spacial score (nSPS) is 21.5. The maximum Gasteiger partial charge on any atom is 0.243 e. The lowest BCUT2D eigenvalue weighted by Gasteiger charge is -2.36. The van der Waals surface area contributed by atoms with Gasteiger partial charge in [0.25, 0.3) is 0 Å². The van der Waals surface area contributed by atoms with Crippen molar-refractivity contribution < 1.29 is 13.2 Å². The number of carbonyl (C=O) groups excluding carboxylic acids is 1. The number of sulfonamides is 1. The Bertz CT molecular complexity index is 710. The Morgan fingerprint density at radius 2 is 1.81 bits per heavy atom. The van der Waals surface area contributed by atoms with E-state index in [-0.39, 0.29) is 24.2 Å². The highest BCUT2D eigenvalue weighted by Crippen LogP contribution is 2.20. The summed E-state index contributed by atoms with van der Waals surface area (Å²) in [6.07, 6.45) is 3.95. The van der Waals surface area contributed by atoms with Crippen LogP contribution in [0.4, 0.5) is 0 Å². The Kier molecular flexibility index (Phi) is 8.09. The maximum absolute atomic E-state index is 12.8. The van der Waals surface area contributed by atoms with Crippen molar-refractivity contribution in [3.05, 3.63) is 29.8 Å². The molecule has 152 valence electrons. The Labute approximate surface area is 168 Å². The zero-order valence-corrected chi connectivity index (χ0v) is 17.5. The second-order valence-electron chi connectivity index (χ2n) is 7.17. The minimum atomic E-state index is -3.48. The summed E-state index contributed by atoms with van der Waals surface area (Å²) in [7, 11) is -3.48. The van der Waals surface area contributed by atoms with Gasteiger partial charge in [0, 0.05) is 32.7 Å². The smallest absolute Gasteiger partial charge is 0.243 e. The summed E-state index contributed by atoms with van der Waals surface area (Å²) in [6.45, 7) is 5.50. The first kappa shape index (κ1) is 22.1. The van der Waals surface area contributed by atoms with Crippen molar-refractivity contribution in [3.63, 3.8) is 0 Å². The van der Waals surface area contributed by atoms with Gasteiger partial charge in [-0.25, -0.2) is 8.42 Å². The minimum absolute atomic E-state index is 0. The van der Waals surface area contributed by atoms with Gasteiger partial charge in [-0.3, -0.25) is 4.79 Å². The van der Waals surface area contributed by atoms with E-state index in [1.54, 1.807) is 12.1 Å². The van der Waals surface area contributed by atoms with Gasteiger partial charge >= 0.3 is 0 Å². The van der Waals surface area contributed by atoms with Crippen molar-refractivity contribution in [3.8, 4) is 0 Å². The zero-order valence-electron chi connectivity index (χ0n) is 15.9. The Morgan fingerprint density at radius 3 is 2.37 bits per heavy atom. The molecule has 2 heterocycles. The van der Waals surface area contributed by atoms with E-state index in [1.807, 2.05) is 17.0 Å². The predicted octanol–water partition coefficient (Wildman–Crippen LogP) is 1.89. The standard InChI is InChI=1S/C19H29N3O3S.ClH/c1-2-4-16-6-8-18(9-7-16)26(24,25)22-13-11-21(12-14-22)19(23)17-5-3-10-20-15-17;/h6-9,17,20H,2-5,10-15H2,1H3;1H. The van der Waals surface area contributed by atoms with Crippen LogP contribution in [0.3, 0.4) is 0 Å². The SMILES string of the molecule is CCCc1ccc(S(=O)(=O)N2CCN(C(=O)C3CCCNC3)CC2)cc1.Cl. The Hall–Kier alpha value is -1.15. The largest absolute Gasteiger partial charge is 0.340 e. The average molecular weight is 416 g/mol. The fourth-order valence-electron chi connectivity index (χ4n) is 3.74. The van der Waals surface area contributed by atoms with E-state index in [0.29, 0.717) is 31.1 Å². The summed E-state index contributed by atoms with van der Waals surface area (Å²) in [6, 6.07) is 7.19. The topological polar surface area (TPSA) is 69.7 Å². The number of amides is 1. The van der Waals surface area contributed by atoms with Crippen LogP contribution in [0.5, 0.6) is 0 Å². The Morgan fingerprint density at radius 1 is 1.15 bits per heavy atom. The molecule has 2 fully saturated rings. The molecule has 1 aromatic carbocycles. The van der Waals surface area contributed by atoms with Crippen molar-refractivity contribution >= 4 is 28.3 Å². The van der Waals surface area contributed by atoms with Crippen molar-refractivity contribution in [2.75, 3.05) is 39.3 Å². The third-order valence-corrected chi connectivity index (χ3v) is 7.21. The first-order valence-corrected chi connectivity index (χ1v) is 11.0. The highest BCUT2D eigenvalue weighted by Gasteiger charge is 2.32. The highest BCUT2D eigenvalue weighted by molar-refractivity contribution is 7.89. The van der Waals surface area contributed by atoms with Gasteiger partial charge in [-0.1, -0.05) is 25.5 Å². The molecule has 0 radical (unpaired) electrons. The molecule has 0 aromatic heterocycles. The molecular weight excluding hydrogens is 386 g/mol. The fourth-order valence-corrected chi connectivity index (χ4v) is 5.16. The molecule has 0 bridgehead atoms. The Balaban J connectivity index is 0.00000261. The number of hydrogen-bond acceptors (Lipinski definition) is 4. The molecule has 27 heavy (non-hydrogen) atoms. The fraction of sp³-hybridized carbons (Fsp3) is 0.632. The molecule has 0 spiro atoms. The zero-order chi connectivity index (χ0) is 18.6. The van der Waals surface area contributed by atoms with Gasteiger partial charge in [-0.2, -0.15) is 4.31 Å². The van der Waals surface area contributed by atoms with Crippen LogP contribution in [0.1, 0.15) is 31.7 Å². The number of carbonyl (C=O) groups is 1. The summed E-state index contributed by atoms with van der Waals surface area (Å²) >= 11 is 0. The van der Waals surface area contributed by atoms with Gasteiger partial charge in [0.05, 0.1) is 10.8 Å². The van der Waals surface area contributed by atoms with Crippen LogP contribution in [0.25, 0.3) is 0 Å². The molecule has 1 aromatic rings. The van der Waals surface area contributed by atoms with E-state index in [2.05, 4.69) is 12.2 Å². The lowest BCUT2D eigenvalue weighted by molar-refractivity contribution is -0.137. The third-order valence-electron chi connectivity index (χ3n) is 5.30. The number of piperazine rings is 1. The van der Waals surface area contributed by atoms with Gasteiger partial charge < -0.3 is 10.2 Å². The summed E-state index contributed by atoms with van der Waals surface area (Å²) in [4.78, 5) is 14.8. The number of rotatable bonds is 5. The summed E-state index contributed by atoms with van der Waals surface area (Å²) in [5.41, 5.74) is 1.16. The van der Waals surface area contributed by atoms with Crippen molar-refractivity contribution in [2.45, 2.75) is 37.5 Å². The van der Waals surface area contributed by atoms with Crippen LogP contribution < -0.4 is 5.32 Å². The van der Waals surface area contributed by atoms with E-state index in [4.69, 9.17) is 0 Å². The molecule has 2 aliphatic heterocycles. The summed E-state index contributed by atoms with van der Waals surface area (Å²) in [5, 5.41) is 3.27. The molecule has 2 aliphatic rings.